The molecule has 1 aliphatic heterocycles. The van der Waals surface area contributed by atoms with E-state index in [-0.39, 0.29) is 0 Å². The molecule has 4 N–H and O–H groups in total. The lowest BCUT2D eigenvalue weighted by Crippen LogP contribution is -3.06. The summed E-state index contributed by atoms with van der Waals surface area (Å²) >= 11 is 5.60. The van der Waals surface area contributed by atoms with Crippen LogP contribution in [0.15, 0.2) is 0 Å². The van der Waals surface area contributed by atoms with E-state index in [2.05, 4.69) is 43.6 Å². The zero-order chi connectivity index (χ0) is 15.3. The molecule has 4 heteroatoms. The maximum atomic E-state index is 5.60. The van der Waals surface area contributed by atoms with Crippen molar-refractivity contribution in [2.45, 2.75) is 89.4 Å². The topological polar surface area (TPSA) is 40.7 Å². The van der Waals surface area contributed by atoms with Crippen LogP contribution in [0.5, 0.6) is 0 Å². The van der Waals surface area contributed by atoms with E-state index in [1.165, 1.54) is 38.5 Å². The zero-order valence-electron chi connectivity index (χ0n) is 14.0. The van der Waals surface area contributed by atoms with Gasteiger partial charge in [0.1, 0.15) is 0 Å². The number of nitrogens with two attached hydrogens (primary N) is 1. The van der Waals surface area contributed by atoms with Crippen LogP contribution in [-0.2, 0) is 0 Å². The Labute approximate surface area is 135 Å². The summed E-state index contributed by atoms with van der Waals surface area (Å²) in [5.41, 5.74) is 0.586. The lowest BCUT2D eigenvalue weighted by atomic mass is 9.80. The molecule has 3 nitrogen and oxygen atoms in total. The number of thiocarbonyl (C=S) groups is 1. The Morgan fingerprint density at radius 1 is 1.00 bits per heavy atom. The molecule has 0 amide bonds. The molecule has 21 heavy (non-hydrogen) atoms. The summed E-state index contributed by atoms with van der Waals surface area (Å²) in [4.78, 5) is 0. The minimum absolute atomic E-state index is 0.293. The van der Waals surface area contributed by atoms with Crippen LogP contribution in [-0.4, -0.2) is 28.3 Å². The minimum Gasteiger partial charge on any atom is -0.360 e. The molecule has 1 heterocycles. The average Bonchev–Trinajstić information content (AvgIpc) is 2.85. The van der Waals surface area contributed by atoms with Crippen molar-refractivity contribution < 1.29 is 5.32 Å². The molecule has 2 aliphatic carbocycles. The van der Waals surface area contributed by atoms with E-state index in [4.69, 9.17) is 12.2 Å². The van der Waals surface area contributed by atoms with Crippen LogP contribution in [0.2, 0.25) is 0 Å². The van der Waals surface area contributed by atoms with Gasteiger partial charge in [-0.3, -0.25) is 0 Å². The number of hydrogen-bond acceptors (Lipinski definition) is 1. The Morgan fingerprint density at radius 2 is 1.67 bits per heavy atom. The maximum absolute atomic E-state index is 5.60. The van der Waals surface area contributed by atoms with E-state index >= 15 is 0 Å². The Kier molecular flexibility index (Phi) is 3.98. The van der Waals surface area contributed by atoms with Gasteiger partial charge in [0.2, 0.25) is 0 Å². The fraction of sp³-hybridized carbons (Fsp3) is 0.941. The van der Waals surface area contributed by atoms with Crippen molar-refractivity contribution in [1.29, 1.82) is 0 Å². The van der Waals surface area contributed by atoms with E-state index in [0.29, 0.717) is 23.2 Å². The van der Waals surface area contributed by atoms with E-state index in [1.54, 1.807) is 0 Å². The van der Waals surface area contributed by atoms with E-state index in [1.807, 2.05) is 0 Å². The van der Waals surface area contributed by atoms with E-state index < -0.39 is 0 Å². The summed E-state index contributed by atoms with van der Waals surface area (Å²) in [6, 6.07) is 1.14. The van der Waals surface area contributed by atoms with Crippen LogP contribution in [0.1, 0.15) is 66.2 Å². The van der Waals surface area contributed by atoms with Crippen molar-refractivity contribution in [2.24, 2.45) is 11.8 Å². The van der Waals surface area contributed by atoms with Gasteiger partial charge in [0.05, 0.1) is 11.1 Å². The predicted molar refractivity (Wildman–Crippen MR) is 91.2 cm³/mol. The fourth-order valence-corrected chi connectivity index (χ4v) is 5.75. The molecule has 3 atom stereocenters. The zero-order valence-corrected chi connectivity index (χ0v) is 14.9. The number of rotatable bonds is 2. The number of piperidine rings is 1. The highest BCUT2D eigenvalue weighted by Crippen LogP contribution is 2.44. The van der Waals surface area contributed by atoms with Crippen LogP contribution in [0.25, 0.3) is 0 Å². The first-order valence-electron chi connectivity index (χ1n) is 8.67. The maximum Gasteiger partial charge on any atom is 0.166 e. The molecule has 0 aromatic heterocycles. The predicted octanol–water partition coefficient (Wildman–Crippen LogP) is 1.92. The molecule has 0 aromatic carbocycles. The van der Waals surface area contributed by atoms with E-state index in [0.717, 1.165) is 16.9 Å². The van der Waals surface area contributed by atoms with Gasteiger partial charge in [-0.1, -0.05) is 6.42 Å². The van der Waals surface area contributed by atoms with Crippen LogP contribution >= 0.6 is 12.2 Å². The molecule has 120 valence electrons. The molecule has 2 bridgehead atoms. The third-order valence-electron chi connectivity index (χ3n) is 5.72. The first-order valence-corrected chi connectivity index (χ1v) is 9.07. The normalized spacial score (nSPS) is 37.4. The van der Waals surface area contributed by atoms with Crippen LogP contribution in [0.4, 0.5) is 0 Å². The minimum atomic E-state index is 0.293. The summed E-state index contributed by atoms with van der Waals surface area (Å²) in [7, 11) is 0. The summed E-state index contributed by atoms with van der Waals surface area (Å²) in [6.45, 7) is 9.37. The van der Waals surface area contributed by atoms with Crippen LogP contribution in [0.3, 0.4) is 0 Å². The largest absolute Gasteiger partial charge is 0.360 e. The van der Waals surface area contributed by atoms with Crippen molar-refractivity contribution >= 4 is 17.3 Å². The summed E-state index contributed by atoms with van der Waals surface area (Å²) in [5, 5.41) is 10.7. The third kappa shape index (κ3) is 3.70. The Hall–Kier alpha value is -0.350. The molecular weight excluding hydrogens is 278 g/mol. The molecule has 3 fully saturated rings. The molecule has 0 spiro atoms. The van der Waals surface area contributed by atoms with Gasteiger partial charge in [-0.05, 0) is 71.0 Å². The Bertz CT molecular complexity index is 402. The lowest BCUT2D eigenvalue weighted by molar-refractivity contribution is -0.787. The summed E-state index contributed by atoms with van der Waals surface area (Å²) < 4.78 is 0. The van der Waals surface area contributed by atoms with Crippen LogP contribution < -0.4 is 16.0 Å². The smallest absolute Gasteiger partial charge is 0.166 e. The highest BCUT2D eigenvalue weighted by Gasteiger charge is 2.43. The molecule has 0 unspecified atom stereocenters. The quantitative estimate of drug-likeness (QED) is 0.683. The van der Waals surface area contributed by atoms with Crippen molar-refractivity contribution in [2.75, 3.05) is 0 Å². The van der Waals surface area contributed by atoms with Crippen molar-refractivity contribution in [1.82, 2.24) is 10.6 Å². The number of nitrogens with one attached hydrogen (secondary N) is 2. The molecule has 0 aromatic rings. The first kappa shape index (κ1) is 15.5. The number of fused-ring (bicyclic) bond motifs is 2. The van der Waals surface area contributed by atoms with Gasteiger partial charge in [0.15, 0.2) is 5.11 Å². The standard InChI is InChI=1S/C17H31N3S/c1-16(2)9-13(10-17(3,4)20-16)18-15(21)19-14-8-11-5-6-12(14)7-11/h11-14,20H,5-10H2,1-4H3,(H2,18,19,21)/p+1/t11-,12+,14-/m1/s1. The molecule has 3 aliphatic rings. The molecule has 2 saturated carbocycles. The van der Waals surface area contributed by atoms with Crippen molar-refractivity contribution in [3.05, 3.63) is 0 Å². The Balaban J connectivity index is 1.52. The second-order valence-electron chi connectivity index (χ2n) is 9.13. The monoisotopic (exact) mass is 310 g/mol. The summed E-state index contributed by atoms with van der Waals surface area (Å²) in [6.07, 6.45) is 7.97. The third-order valence-corrected chi connectivity index (χ3v) is 5.95. The highest BCUT2D eigenvalue weighted by atomic mass is 32.1. The fourth-order valence-electron chi connectivity index (χ4n) is 5.44. The van der Waals surface area contributed by atoms with Crippen LogP contribution in [0, 0.1) is 11.8 Å². The summed E-state index contributed by atoms with van der Waals surface area (Å²) in [5.74, 6) is 1.85. The van der Waals surface area contributed by atoms with Gasteiger partial charge in [-0.15, -0.1) is 0 Å². The van der Waals surface area contributed by atoms with Crippen molar-refractivity contribution in [3.8, 4) is 0 Å². The van der Waals surface area contributed by atoms with Crippen molar-refractivity contribution in [3.63, 3.8) is 0 Å². The van der Waals surface area contributed by atoms with Gasteiger partial charge in [-0.25, -0.2) is 0 Å². The first-order chi connectivity index (χ1) is 9.72. The van der Waals surface area contributed by atoms with Gasteiger partial charge >= 0.3 is 0 Å². The van der Waals surface area contributed by atoms with Gasteiger partial charge in [0.25, 0.3) is 0 Å². The molecule has 1 saturated heterocycles. The van der Waals surface area contributed by atoms with Gasteiger partial charge < -0.3 is 16.0 Å². The average molecular weight is 311 g/mol. The second kappa shape index (κ2) is 5.38. The number of hydrogen-bond donors (Lipinski definition) is 3. The Morgan fingerprint density at radius 3 is 2.19 bits per heavy atom. The van der Waals surface area contributed by atoms with Gasteiger partial charge in [0, 0.05) is 24.9 Å². The SMILES string of the molecule is CC1(C)CC(NC(=S)N[C@@H]2C[C@@H]3CC[C@H]2C3)CC(C)(C)[NH2+]1. The van der Waals surface area contributed by atoms with E-state index in [9.17, 15) is 0 Å². The second-order valence-corrected chi connectivity index (χ2v) is 9.53. The van der Waals surface area contributed by atoms with Gasteiger partial charge in [-0.2, -0.15) is 0 Å². The highest BCUT2D eigenvalue weighted by molar-refractivity contribution is 7.80. The molecule has 0 radical (unpaired) electrons. The molecular formula is C17H32N3S+. The number of quaternary nitrogens is 1. The lowest BCUT2D eigenvalue weighted by Gasteiger charge is -2.43. The molecule has 3 rings (SSSR count).